The first-order valence-corrected chi connectivity index (χ1v) is 9.57. The van der Waals surface area contributed by atoms with E-state index in [0.717, 1.165) is 14.8 Å². The van der Waals surface area contributed by atoms with E-state index in [0.29, 0.717) is 30.5 Å². The van der Waals surface area contributed by atoms with Crippen LogP contribution in [-0.2, 0) is 11.2 Å². The number of aromatic nitrogens is 2. The minimum Gasteiger partial charge on any atom is -0.339 e. The zero-order valence-corrected chi connectivity index (χ0v) is 16.9. The van der Waals surface area contributed by atoms with Gasteiger partial charge < -0.3 is 9.84 Å². The van der Waals surface area contributed by atoms with Crippen LogP contribution in [-0.4, -0.2) is 16.0 Å². The molecule has 0 unspecified atom stereocenters. The monoisotopic (exact) mass is 461 g/mol. The van der Waals surface area contributed by atoms with Gasteiger partial charge in [0.25, 0.3) is 0 Å². The van der Waals surface area contributed by atoms with Crippen LogP contribution in [0.5, 0.6) is 0 Å². The highest BCUT2D eigenvalue weighted by atomic mass is 127. The molecule has 2 aromatic carbocycles. The molecule has 0 saturated carbocycles. The molecular weight excluding hydrogens is 441 g/mol. The Morgan fingerprint density at radius 3 is 2.46 bits per heavy atom. The van der Waals surface area contributed by atoms with Gasteiger partial charge in [0, 0.05) is 27.7 Å². The second-order valence-electron chi connectivity index (χ2n) is 6.34. The van der Waals surface area contributed by atoms with Crippen LogP contribution in [0.25, 0.3) is 11.4 Å². The van der Waals surface area contributed by atoms with E-state index in [9.17, 15) is 4.79 Å². The van der Waals surface area contributed by atoms with E-state index in [-0.39, 0.29) is 5.91 Å². The van der Waals surface area contributed by atoms with Crippen LogP contribution in [0.4, 0.5) is 5.69 Å². The molecule has 1 amide bonds. The van der Waals surface area contributed by atoms with E-state index in [1.807, 2.05) is 36.4 Å². The molecule has 1 N–H and O–H groups in total. The lowest BCUT2D eigenvalue weighted by Gasteiger charge is -2.04. The van der Waals surface area contributed by atoms with Crippen molar-refractivity contribution in [3.63, 3.8) is 0 Å². The number of carbonyl (C=O) groups excluding carboxylic acids is 1. The van der Waals surface area contributed by atoms with E-state index < -0.39 is 0 Å². The quantitative estimate of drug-likeness (QED) is 0.523. The molecule has 6 heteroatoms. The number of anilines is 1. The summed E-state index contributed by atoms with van der Waals surface area (Å²) in [5, 5.41) is 6.88. The van der Waals surface area contributed by atoms with Gasteiger partial charge in [-0.1, -0.05) is 43.3 Å². The second kappa shape index (κ2) is 8.44. The van der Waals surface area contributed by atoms with Crippen molar-refractivity contribution in [2.24, 2.45) is 0 Å². The predicted molar refractivity (Wildman–Crippen MR) is 110 cm³/mol. The second-order valence-corrected chi connectivity index (χ2v) is 7.59. The van der Waals surface area contributed by atoms with Crippen LogP contribution in [0.15, 0.2) is 53.1 Å². The number of benzene rings is 2. The van der Waals surface area contributed by atoms with Crippen molar-refractivity contribution < 1.29 is 9.32 Å². The first-order chi connectivity index (χ1) is 12.5. The van der Waals surface area contributed by atoms with Crippen LogP contribution < -0.4 is 5.32 Å². The van der Waals surface area contributed by atoms with E-state index in [2.05, 4.69) is 64.0 Å². The van der Waals surface area contributed by atoms with Gasteiger partial charge in [-0.15, -0.1) is 0 Å². The molecule has 3 rings (SSSR count). The highest BCUT2D eigenvalue weighted by Crippen LogP contribution is 2.21. The van der Waals surface area contributed by atoms with Gasteiger partial charge in [0.05, 0.1) is 0 Å². The molecule has 1 heterocycles. The molecule has 0 saturated heterocycles. The third kappa shape index (κ3) is 4.91. The molecule has 0 bridgehead atoms. The van der Waals surface area contributed by atoms with Gasteiger partial charge in [-0.25, -0.2) is 0 Å². The van der Waals surface area contributed by atoms with E-state index in [4.69, 9.17) is 4.52 Å². The van der Waals surface area contributed by atoms with Crippen molar-refractivity contribution in [3.05, 3.63) is 63.6 Å². The molecule has 5 nitrogen and oxygen atoms in total. The SMILES string of the molecule is CC(C)c1ccc(-c2noc(CCC(=O)Nc3ccc(I)cc3)n2)cc1. The van der Waals surface area contributed by atoms with Crippen molar-refractivity contribution in [2.75, 3.05) is 5.32 Å². The third-order valence-electron chi connectivity index (χ3n) is 4.00. The van der Waals surface area contributed by atoms with Gasteiger partial charge in [0.1, 0.15) is 0 Å². The van der Waals surface area contributed by atoms with Gasteiger partial charge in [0.2, 0.25) is 17.6 Å². The van der Waals surface area contributed by atoms with Crippen molar-refractivity contribution in [1.82, 2.24) is 10.1 Å². The summed E-state index contributed by atoms with van der Waals surface area (Å²) in [6.07, 6.45) is 0.702. The fourth-order valence-electron chi connectivity index (χ4n) is 2.47. The number of halogens is 1. The van der Waals surface area contributed by atoms with Gasteiger partial charge >= 0.3 is 0 Å². The van der Waals surface area contributed by atoms with E-state index in [1.54, 1.807) is 0 Å². The standard InChI is InChI=1S/C20H20IN3O2/c1-13(2)14-3-5-15(6-4-14)20-23-19(26-24-20)12-11-18(25)22-17-9-7-16(21)8-10-17/h3-10,13H,11-12H2,1-2H3,(H,22,25). The maximum Gasteiger partial charge on any atom is 0.227 e. The molecule has 0 radical (unpaired) electrons. The number of hydrogen-bond donors (Lipinski definition) is 1. The summed E-state index contributed by atoms with van der Waals surface area (Å²) < 4.78 is 6.40. The topological polar surface area (TPSA) is 68.0 Å². The highest BCUT2D eigenvalue weighted by Gasteiger charge is 2.11. The third-order valence-corrected chi connectivity index (χ3v) is 4.72. The number of nitrogens with zero attached hydrogens (tertiary/aromatic N) is 2. The molecule has 0 aliphatic heterocycles. The number of amides is 1. The maximum atomic E-state index is 12.0. The number of hydrogen-bond acceptors (Lipinski definition) is 4. The largest absolute Gasteiger partial charge is 0.339 e. The first-order valence-electron chi connectivity index (χ1n) is 8.49. The number of rotatable bonds is 6. The summed E-state index contributed by atoms with van der Waals surface area (Å²) in [6, 6.07) is 15.8. The van der Waals surface area contributed by atoms with Gasteiger partial charge in [0.15, 0.2) is 0 Å². The number of aryl methyl sites for hydroxylation is 1. The molecular formula is C20H20IN3O2. The normalized spacial score (nSPS) is 10.9. The maximum absolute atomic E-state index is 12.0. The molecule has 0 aliphatic carbocycles. The molecule has 1 aromatic heterocycles. The summed E-state index contributed by atoms with van der Waals surface area (Å²) in [5.74, 6) is 1.42. The number of carbonyl (C=O) groups is 1. The summed E-state index contributed by atoms with van der Waals surface area (Å²) in [7, 11) is 0. The van der Waals surface area contributed by atoms with E-state index >= 15 is 0 Å². The Hall–Kier alpha value is -2.22. The smallest absolute Gasteiger partial charge is 0.227 e. The van der Waals surface area contributed by atoms with Crippen LogP contribution in [0.3, 0.4) is 0 Å². The van der Waals surface area contributed by atoms with Crippen LogP contribution in [0, 0.1) is 3.57 Å². The molecule has 26 heavy (non-hydrogen) atoms. The lowest BCUT2D eigenvalue weighted by Crippen LogP contribution is -2.12. The zero-order chi connectivity index (χ0) is 18.5. The Labute approximate surface area is 166 Å². The van der Waals surface area contributed by atoms with Crippen molar-refractivity contribution >= 4 is 34.2 Å². The molecule has 0 aliphatic rings. The van der Waals surface area contributed by atoms with E-state index in [1.165, 1.54) is 5.56 Å². The first kappa shape index (κ1) is 18.6. The summed E-state index contributed by atoms with van der Waals surface area (Å²) in [6.45, 7) is 4.31. The fourth-order valence-corrected chi connectivity index (χ4v) is 2.83. The minimum absolute atomic E-state index is 0.0766. The van der Waals surface area contributed by atoms with Crippen LogP contribution in [0.2, 0.25) is 0 Å². The van der Waals surface area contributed by atoms with Gasteiger partial charge in [-0.05, 0) is 58.3 Å². The molecule has 0 fully saturated rings. The Kier molecular flexibility index (Phi) is 6.03. The van der Waals surface area contributed by atoms with Crippen molar-refractivity contribution in [1.29, 1.82) is 0 Å². The van der Waals surface area contributed by atoms with Gasteiger partial charge in [-0.2, -0.15) is 4.98 Å². The average Bonchev–Trinajstić information content (AvgIpc) is 3.11. The van der Waals surface area contributed by atoms with Crippen molar-refractivity contribution in [3.8, 4) is 11.4 Å². The number of nitrogens with one attached hydrogen (secondary N) is 1. The predicted octanol–water partition coefficient (Wildman–Crippen LogP) is 5.04. The molecule has 3 aromatic rings. The zero-order valence-electron chi connectivity index (χ0n) is 14.7. The van der Waals surface area contributed by atoms with Gasteiger partial charge in [-0.3, -0.25) is 4.79 Å². The average molecular weight is 461 g/mol. The Morgan fingerprint density at radius 1 is 1.12 bits per heavy atom. The van der Waals surface area contributed by atoms with Crippen LogP contribution >= 0.6 is 22.6 Å². The fraction of sp³-hybridized carbons (Fsp3) is 0.250. The molecule has 0 atom stereocenters. The minimum atomic E-state index is -0.0766. The Morgan fingerprint density at radius 2 is 1.81 bits per heavy atom. The summed E-state index contributed by atoms with van der Waals surface area (Å²) in [4.78, 5) is 16.4. The molecule has 0 spiro atoms. The lowest BCUT2D eigenvalue weighted by atomic mass is 10.0. The lowest BCUT2D eigenvalue weighted by molar-refractivity contribution is -0.116. The Bertz CT molecular complexity index is 871. The Balaban J connectivity index is 1.56. The highest BCUT2D eigenvalue weighted by molar-refractivity contribution is 14.1. The summed E-state index contributed by atoms with van der Waals surface area (Å²) >= 11 is 2.23. The summed E-state index contributed by atoms with van der Waals surface area (Å²) in [5.41, 5.74) is 2.96. The molecule has 134 valence electrons. The van der Waals surface area contributed by atoms with Crippen LogP contribution in [0.1, 0.15) is 37.6 Å². The van der Waals surface area contributed by atoms with Crippen molar-refractivity contribution in [2.45, 2.75) is 32.6 Å².